The number of carbonyl (C=O) groups excluding carboxylic acids is 1. The molecule has 0 atom stereocenters. The molecule has 30 heavy (non-hydrogen) atoms. The number of aromatic nitrogens is 1. The number of methoxy groups -OCH3 is 2. The van der Waals surface area contributed by atoms with Crippen LogP contribution in [0.25, 0.3) is 11.1 Å². The molecule has 0 fully saturated rings. The molecule has 0 bridgehead atoms. The molecule has 0 saturated heterocycles. The summed E-state index contributed by atoms with van der Waals surface area (Å²) in [6, 6.07) is 20.4. The molecule has 1 aromatic heterocycles. The number of amides is 1. The molecular weight excluding hydrogens is 400 g/mol. The first-order valence-corrected chi connectivity index (χ1v) is 10.3. The highest BCUT2D eigenvalue weighted by Gasteiger charge is 2.14. The number of nitrogens with one attached hydrogen (secondary N) is 1. The van der Waals surface area contributed by atoms with E-state index in [1.54, 1.807) is 38.5 Å². The van der Waals surface area contributed by atoms with Crippen molar-refractivity contribution in [2.45, 2.75) is 11.0 Å². The molecule has 4 rings (SSSR count). The molecular formula is C23H20N2O4S. The molecule has 152 valence electrons. The molecule has 0 unspecified atom stereocenters. The third-order valence-electron chi connectivity index (χ3n) is 4.50. The number of hydrogen-bond acceptors (Lipinski definition) is 6. The molecule has 0 spiro atoms. The van der Waals surface area contributed by atoms with Gasteiger partial charge in [0.05, 0.1) is 14.2 Å². The normalized spacial score (nSPS) is 10.7. The molecule has 0 aliphatic rings. The zero-order chi connectivity index (χ0) is 20.9. The van der Waals surface area contributed by atoms with E-state index in [-0.39, 0.29) is 5.91 Å². The van der Waals surface area contributed by atoms with Crippen molar-refractivity contribution >= 4 is 34.5 Å². The van der Waals surface area contributed by atoms with Crippen molar-refractivity contribution in [3.63, 3.8) is 0 Å². The Morgan fingerprint density at radius 1 is 1.00 bits per heavy atom. The van der Waals surface area contributed by atoms with Crippen molar-refractivity contribution in [1.82, 2.24) is 4.98 Å². The summed E-state index contributed by atoms with van der Waals surface area (Å²) < 4.78 is 16.3. The molecule has 3 aromatic carbocycles. The van der Waals surface area contributed by atoms with E-state index in [0.717, 1.165) is 16.7 Å². The molecule has 1 amide bonds. The number of rotatable bonds is 7. The second kappa shape index (κ2) is 8.92. The number of carbonyl (C=O) groups is 1. The molecule has 0 radical (unpaired) electrons. The summed E-state index contributed by atoms with van der Waals surface area (Å²) in [6.45, 7) is 0. The van der Waals surface area contributed by atoms with E-state index in [1.165, 1.54) is 11.8 Å². The van der Waals surface area contributed by atoms with Crippen LogP contribution < -0.4 is 14.8 Å². The highest BCUT2D eigenvalue weighted by atomic mass is 32.2. The minimum absolute atomic E-state index is 0.209. The van der Waals surface area contributed by atoms with E-state index in [1.807, 2.05) is 42.5 Å². The zero-order valence-electron chi connectivity index (χ0n) is 16.5. The molecule has 0 saturated carbocycles. The van der Waals surface area contributed by atoms with E-state index in [9.17, 15) is 4.79 Å². The lowest BCUT2D eigenvalue weighted by molar-refractivity contribution is 0.102. The summed E-state index contributed by atoms with van der Waals surface area (Å²) in [4.78, 5) is 17.4. The van der Waals surface area contributed by atoms with Crippen LogP contribution in [0.1, 0.15) is 15.9 Å². The van der Waals surface area contributed by atoms with Gasteiger partial charge in [-0.05, 0) is 23.8 Å². The van der Waals surface area contributed by atoms with Crippen LogP contribution in [0.5, 0.6) is 11.5 Å². The number of nitrogens with zero attached hydrogens (tertiary/aromatic N) is 1. The Morgan fingerprint density at radius 3 is 2.43 bits per heavy atom. The molecule has 6 nitrogen and oxygen atoms in total. The van der Waals surface area contributed by atoms with E-state index in [0.29, 0.717) is 33.7 Å². The molecule has 1 N–H and O–H groups in total. The van der Waals surface area contributed by atoms with Crippen LogP contribution in [0.3, 0.4) is 0 Å². The third-order valence-corrected chi connectivity index (χ3v) is 5.37. The standard InChI is InChI=1S/C23H20N2O4S/c1-27-17-11-16(12-18(13-17)28-2)24-22(26)19-8-4-3-7-15(19)14-30-23-25-20-9-5-6-10-21(20)29-23/h3-13H,14H2,1-2H3,(H,24,26). The first-order chi connectivity index (χ1) is 14.7. The van der Waals surface area contributed by atoms with E-state index >= 15 is 0 Å². The minimum atomic E-state index is -0.209. The summed E-state index contributed by atoms with van der Waals surface area (Å²) in [5.74, 6) is 1.55. The second-order valence-corrected chi connectivity index (χ2v) is 7.38. The number of oxazole rings is 1. The van der Waals surface area contributed by atoms with Crippen molar-refractivity contribution in [1.29, 1.82) is 0 Å². The molecule has 7 heteroatoms. The summed E-state index contributed by atoms with van der Waals surface area (Å²) in [5.41, 5.74) is 3.63. The van der Waals surface area contributed by atoms with Gasteiger partial charge in [0.2, 0.25) is 0 Å². The van der Waals surface area contributed by atoms with E-state index in [4.69, 9.17) is 13.9 Å². The van der Waals surface area contributed by atoms with Gasteiger partial charge in [-0.1, -0.05) is 42.1 Å². The topological polar surface area (TPSA) is 73.6 Å². The van der Waals surface area contributed by atoms with Crippen molar-refractivity contribution in [3.05, 3.63) is 77.9 Å². The third kappa shape index (κ3) is 4.41. The predicted molar refractivity (Wildman–Crippen MR) is 118 cm³/mol. The first kappa shape index (κ1) is 19.8. The van der Waals surface area contributed by atoms with Crippen molar-refractivity contribution < 1.29 is 18.7 Å². The summed E-state index contributed by atoms with van der Waals surface area (Å²) in [6.07, 6.45) is 0. The SMILES string of the molecule is COc1cc(NC(=O)c2ccccc2CSc2nc3ccccc3o2)cc(OC)c1. The lowest BCUT2D eigenvalue weighted by atomic mass is 10.1. The van der Waals surface area contributed by atoms with Crippen molar-refractivity contribution in [2.75, 3.05) is 19.5 Å². The fourth-order valence-corrected chi connectivity index (χ4v) is 3.84. The minimum Gasteiger partial charge on any atom is -0.497 e. The van der Waals surface area contributed by atoms with E-state index < -0.39 is 0 Å². The van der Waals surface area contributed by atoms with Gasteiger partial charge in [0.25, 0.3) is 11.1 Å². The van der Waals surface area contributed by atoms with Gasteiger partial charge >= 0.3 is 0 Å². The fraction of sp³-hybridized carbons (Fsp3) is 0.130. The maximum Gasteiger partial charge on any atom is 0.257 e. The van der Waals surface area contributed by atoms with Gasteiger partial charge in [-0.2, -0.15) is 0 Å². The number of ether oxygens (including phenoxy) is 2. The Labute approximate surface area is 178 Å². The molecule has 4 aromatic rings. The van der Waals surface area contributed by atoms with Crippen LogP contribution in [0.2, 0.25) is 0 Å². The van der Waals surface area contributed by atoms with Crippen LogP contribution in [0.15, 0.2) is 76.4 Å². The van der Waals surface area contributed by atoms with Gasteiger partial charge in [0, 0.05) is 35.2 Å². The number of anilines is 1. The number of thioether (sulfide) groups is 1. The summed E-state index contributed by atoms with van der Waals surface area (Å²) in [5, 5.41) is 3.49. The lowest BCUT2D eigenvalue weighted by Crippen LogP contribution is -2.14. The van der Waals surface area contributed by atoms with Crippen LogP contribution in [0.4, 0.5) is 5.69 Å². The number of fused-ring (bicyclic) bond motifs is 1. The average Bonchev–Trinajstić information content (AvgIpc) is 3.20. The molecule has 0 aliphatic carbocycles. The maximum atomic E-state index is 12.9. The smallest absolute Gasteiger partial charge is 0.257 e. The van der Waals surface area contributed by atoms with Crippen molar-refractivity contribution in [3.8, 4) is 11.5 Å². The Balaban J connectivity index is 1.51. The van der Waals surface area contributed by atoms with Gasteiger partial charge in [-0.25, -0.2) is 4.98 Å². The lowest BCUT2D eigenvalue weighted by Gasteiger charge is -2.12. The number of benzene rings is 3. The zero-order valence-corrected chi connectivity index (χ0v) is 17.4. The van der Waals surface area contributed by atoms with Gasteiger partial charge in [0.1, 0.15) is 17.0 Å². The fourth-order valence-electron chi connectivity index (χ4n) is 3.00. The second-order valence-electron chi connectivity index (χ2n) is 6.45. The Kier molecular flexibility index (Phi) is 5.90. The molecule has 0 aliphatic heterocycles. The van der Waals surface area contributed by atoms with Crippen LogP contribution >= 0.6 is 11.8 Å². The Hall–Kier alpha value is -3.45. The highest BCUT2D eigenvalue weighted by molar-refractivity contribution is 7.98. The number of para-hydroxylation sites is 2. The first-order valence-electron chi connectivity index (χ1n) is 9.27. The average molecular weight is 420 g/mol. The summed E-state index contributed by atoms with van der Waals surface area (Å²) in [7, 11) is 3.14. The van der Waals surface area contributed by atoms with Gasteiger partial charge in [-0.3, -0.25) is 4.79 Å². The number of hydrogen-bond donors (Lipinski definition) is 1. The summed E-state index contributed by atoms with van der Waals surface area (Å²) >= 11 is 1.45. The largest absolute Gasteiger partial charge is 0.497 e. The molecule has 1 heterocycles. The maximum absolute atomic E-state index is 12.9. The van der Waals surface area contributed by atoms with E-state index in [2.05, 4.69) is 10.3 Å². The van der Waals surface area contributed by atoms with Gasteiger partial charge < -0.3 is 19.2 Å². The van der Waals surface area contributed by atoms with Crippen molar-refractivity contribution in [2.24, 2.45) is 0 Å². The monoisotopic (exact) mass is 420 g/mol. The van der Waals surface area contributed by atoms with Gasteiger partial charge in [-0.15, -0.1) is 0 Å². The van der Waals surface area contributed by atoms with Crippen LogP contribution in [0, 0.1) is 0 Å². The van der Waals surface area contributed by atoms with Crippen LogP contribution in [-0.2, 0) is 5.75 Å². The highest BCUT2D eigenvalue weighted by Crippen LogP contribution is 2.29. The quantitative estimate of drug-likeness (QED) is 0.404. The van der Waals surface area contributed by atoms with Gasteiger partial charge in [0.15, 0.2) is 5.58 Å². The Bertz CT molecular complexity index is 1130. The predicted octanol–water partition coefficient (Wildman–Crippen LogP) is 5.39. The van der Waals surface area contributed by atoms with Crippen LogP contribution in [-0.4, -0.2) is 25.1 Å². The Morgan fingerprint density at radius 2 is 1.70 bits per heavy atom.